The lowest BCUT2D eigenvalue weighted by Gasteiger charge is -2.10. The van der Waals surface area contributed by atoms with Crippen LogP contribution in [0, 0.1) is 0 Å². The van der Waals surface area contributed by atoms with Gasteiger partial charge in [-0.15, -0.1) is 0 Å². The molecule has 0 fully saturated rings. The highest BCUT2D eigenvalue weighted by Crippen LogP contribution is 2.31. The second-order valence-electron chi connectivity index (χ2n) is 6.98. The van der Waals surface area contributed by atoms with Crippen molar-refractivity contribution in [3.63, 3.8) is 0 Å². The van der Waals surface area contributed by atoms with E-state index in [2.05, 4.69) is 15.9 Å². The molecule has 4 aromatic carbocycles. The van der Waals surface area contributed by atoms with Gasteiger partial charge >= 0.3 is 0 Å². The molecule has 0 bridgehead atoms. The Morgan fingerprint density at radius 1 is 0.581 bits per heavy atom. The smallest absolute Gasteiger partial charge is 0.193 e. The summed E-state index contributed by atoms with van der Waals surface area (Å²) in [6.45, 7) is 0. The van der Waals surface area contributed by atoms with Gasteiger partial charge in [0.15, 0.2) is 11.6 Å². The second kappa shape index (κ2) is 9.90. The van der Waals surface area contributed by atoms with E-state index in [4.69, 9.17) is 0 Å². The molecule has 0 spiro atoms. The predicted molar refractivity (Wildman–Crippen MR) is 129 cm³/mol. The molecule has 1 unspecified atom stereocenters. The van der Waals surface area contributed by atoms with Crippen molar-refractivity contribution >= 4 is 39.3 Å². The average molecular weight is 487 g/mol. The topological polar surface area (TPSA) is 34.1 Å². The van der Waals surface area contributed by atoms with E-state index in [1.165, 1.54) is 0 Å². The van der Waals surface area contributed by atoms with E-state index in [1.807, 2.05) is 109 Å². The summed E-state index contributed by atoms with van der Waals surface area (Å²) in [6.07, 6.45) is 0. The fourth-order valence-electron chi connectivity index (χ4n) is 3.17. The lowest BCUT2D eigenvalue weighted by atomic mass is 10.0. The summed E-state index contributed by atoms with van der Waals surface area (Å²) in [7, 11) is 0. The number of ketones is 2. The maximum atomic E-state index is 12.7. The fraction of sp³-hybridized carbons (Fsp3) is 0.0370. The first-order valence-corrected chi connectivity index (χ1v) is 11.6. The number of hydrogen-bond donors (Lipinski definition) is 0. The van der Waals surface area contributed by atoms with Gasteiger partial charge in [-0.2, -0.15) is 0 Å². The van der Waals surface area contributed by atoms with Gasteiger partial charge in [-0.05, 0) is 42.0 Å². The van der Waals surface area contributed by atoms with E-state index < -0.39 is 0 Å². The molecule has 0 aromatic heterocycles. The fourth-order valence-corrected chi connectivity index (χ4v) is 4.56. The van der Waals surface area contributed by atoms with Crippen LogP contribution in [0.4, 0.5) is 0 Å². The van der Waals surface area contributed by atoms with E-state index in [-0.39, 0.29) is 16.4 Å². The molecule has 0 radical (unpaired) electrons. The molecular formula is C27H19BrO2S. The van der Waals surface area contributed by atoms with Crippen LogP contribution in [0.3, 0.4) is 0 Å². The maximum Gasteiger partial charge on any atom is 0.193 e. The zero-order valence-corrected chi connectivity index (χ0v) is 19.0. The van der Waals surface area contributed by atoms with Crippen molar-refractivity contribution in [1.82, 2.24) is 0 Å². The van der Waals surface area contributed by atoms with Gasteiger partial charge in [-0.3, -0.25) is 9.59 Å². The Bertz CT molecular complexity index is 1170. The third-order valence-corrected chi connectivity index (χ3v) is 6.81. The molecule has 2 nitrogen and oxygen atoms in total. The highest BCUT2D eigenvalue weighted by atomic mass is 79.9. The number of rotatable bonds is 7. The lowest BCUT2D eigenvalue weighted by Crippen LogP contribution is -2.06. The monoisotopic (exact) mass is 486 g/mol. The van der Waals surface area contributed by atoms with E-state index in [1.54, 1.807) is 11.8 Å². The highest BCUT2D eigenvalue weighted by molar-refractivity contribution is 9.09. The van der Waals surface area contributed by atoms with Crippen LogP contribution in [0.5, 0.6) is 0 Å². The molecule has 0 amide bonds. The summed E-state index contributed by atoms with van der Waals surface area (Å²) >= 11 is 5.11. The van der Waals surface area contributed by atoms with Crippen LogP contribution in [0.15, 0.2) is 119 Å². The van der Waals surface area contributed by atoms with Crippen molar-refractivity contribution < 1.29 is 9.59 Å². The minimum Gasteiger partial charge on any atom is -0.293 e. The van der Waals surface area contributed by atoms with Gasteiger partial charge in [0.05, 0.1) is 0 Å². The van der Waals surface area contributed by atoms with Crippen LogP contribution in [-0.4, -0.2) is 11.6 Å². The molecule has 31 heavy (non-hydrogen) atoms. The molecule has 0 N–H and O–H groups in total. The van der Waals surface area contributed by atoms with Crippen molar-refractivity contribution in [2.45, 2.75) is 14.6 Å². The first kappa shape index (κ1) is 21.3. The quantitative estimate of drug-likeness (QED) is 0.201. The summed E-state index contributed by atoms with van der Waals surface area (Å²) in [4.78, 5) is 27.0. The Labute approximate surface area is 194 Å². The van der Waals surface area contributed by atoms with Crippen molar-refractivity contribution in [3.8, 4) is 0 Å². The summed E-state index contributed by atoms with van der Waals surface area (Å²) < 4.78 is 0. The second-order valence-corrected chi connectivity index (χ2v) is 9.05. The molecule has 0 aliphatic heterocycles. The first-order chi connectivity index (χ1) is 15.1. The largest absolute Gasteiger partial charge is 0.293 e. The molecule has 1 atom stereocenters. The van der Waals surface area contributed by atoms with Crippen LogP contribution in [0.2, 0.25) is 0 Å². The molecule has 0 aliphatic rings. The summed E-state index contributed by atoms with van der Waals surface area (Å²) in [5.41, 5.74) is 2.96. The molecule has 0 saturated carbocycles. The van der Waals surface area contributed by atoms with Crippen LogP contribution in [0.1, 0.15) is 36.7 Å². The Morgan fingerprint density at radius 2 is 1.03 bits per heavy atom. The zero-order chi connectivity index (χ0) is 21.6. The zero-order valence-electron chi connectivity index (χ0n) is 16.6. The van der Waals surface area contributed by atoms with Crippen LogP contribution in [-0.2, 0) is 0 Å². The molecular weight excluding hydrogens is 468 g/mol. The predicted octanol–water partition coefficient (Wildman–Crippen LogP) is 7.39. The summed E-state index contributed by atoms with van der Waals surface area (Å²) in [6, 6.07) is 34.1. The van der Waals surface area contributed by atoms with Crippen LogP contribution >= 0.6 is 27.7 Å². The lowest BCUT2D eigenvalue weighted by molar-refractivity contribution is 0.0990. The van der Waals surface area contributed by atoms with E-state index in [9.17, 15) is 9.59 Å². The van der Waals surface area contributed by atoms with Gasteiger partial charge in [0.25, 0.3) is 0 Å². The van der Waals surface area contributed by atoms with Crippen molar-refractivity contribution in [1.29, 1.82) is 0 Å². The first-order valence-electron chi connectivity index (χ1n) is 9.83. The van der Waals surface area contributed by atoms with Crippen molar-refractivity contribution in [3.05, 3.63) is 131 Å². The van der Waals surface area contributed by atoms with Gasteiger partial charge in [0.2, 0.25) is 0 Å². The van der Waals surface area contributed by atoms with E-state index in [0.717, 1.165) is 15.4 Å². The molecule has 4 heteroatoms. The van der Waals surface area contributed by atoms with E-state index >= 15 is 0 Å². The Balaban J connectivity index is 1.42. The maximum absolute atomic E-state index is 12.7. The Morgan fingerprint density at radius 3 is 1.58 bits per heavy atom. The molecule has 0 saturated heterocycles. The minimum absolute atomic E-state index is 0.0164. The highest BCUT2D eigenvalue weighted by Gasteiger charge is 2.18. The third-order valence-electron chi connectivity index (χ3n) is 4.85. The SMILES string of the molecule is O=C(c1ccccc1)c1ccc(Sc2ccc(C(=O)C(Br)c3ccccc3)cc2)cc1. The number of halogens is 1. The number of Topliss-reactive ketones (excluding diaryl/α,β-unsaturated/α-hetero) is 1. The molecule has 0 aliphatic carbocycles. The normalized spacial score (nSPS) is 11.6. The summed E-state index contributed by atoms with van der Waals surface area (Å²) in [5.74, 6) is 0.0503. The van der Waals surface area contributed by atoms with Crippen LogP contribution in [0.25, 0.3) is 0 Å². The third kappa shape index (κ3) is 5.22. The molecule has 4 aromatic rings. The van der Waals surface area contributed by atoms with Gasteiger partial charge in [0.1, 0.15) is 4.83 Å². The number of benzene rings is 4. The molecule has 152 valence electrons. The van der Waals surface area contributed by atoms with Crippen LogP contribution < -0.4 is 0 Å². The van der Waals surface area contributed by atoms with Crippen molar-refractivity contribution in [2.75, 3.05) is 0 Å². The van der Waals surface area contributed by atoms with Gasteiger partial charge in [-0.25, -0.2) is 0 Å². The minimum atomic E-state index is -0.359. The standard InChI is InChI=1S/C27H19BrO2S/c28-25(19-7-3-1-4-8-19)27(30)22-13-17-24(18-14-22)31-23-15-11-21(12-16-23)26(29)20-9-5-2-6-10-20/h1-18,25H. The Kier molecular flexibility index (Phi) is 6.80. The number of carbonyl (C=O) groups is 2. The van der Waals surface area contributed by atoms with Gasteiger partial charge < -0.3 is 0 Å². The Hall–Kier alpha value is -2.95. The number of alkyl halides is 1. The molecule has 0 heterocycles. The number of carbonyl (C=O) groups excluding carboxylic acids is 2. The number of hydrogen-bond acceptors (Lipinski definition) is 3. The van der Waals surface area contributed by atoms with Gasteiger partial charge in [0, 0.05) is 26.5 Å². The van der Waals surface area contributed by atoms with Crippen molar-refractivity contribution in [2.24, 2.45) is 0 Å². The van der Waals surface area contributed by atoms with E-state index in [0.29, 0.717) is 16.7 Å². The van der Waals surface area contributed by atoms with Gasteiger partial charge in [-0.1, -0.05) is 100 Å². The summed E-state index contributed by atoms with van der Waals surface area (Å²) in [5, 5.41) is 0. The molecule has 4 rings (SSSR count). The average Bonchev–Trinajstić information content (AvgIpc) is 2.85.